The first-order valence-electron chi connectivity index (χ1n) is 9.90. The standard InChI is InChI=1S/C23H28ClFN2O2S/c1-16(2)12-26-23(29)17(3)27(13-18-4-8-20(24)9-5-18)22(28)15-30-14-19-6-10-21(25)11-7-19/h4-11,16-17H,12-15H2,1-3H3,(H,26,29). The number of benzene rings is 2. The Morgan fingerprint density at radius 2 is 1.63 bits per heavy atom. The second kappa shape index (κ2) is 12.0. The Kier molecular flexibility index (Phi) is 9.66. The molecule has 0 aliphatic rings. The van der Waals surface area contributed by atoms with Gasteiger partial charge in [-0.25, -0.2) is 4.39 Å². The van der Waals surface area contributed by atoms with Crippen molar-refractivity contribution in [3.05, 3.63) is 70.5 Å². The van der Waals surface area contributed by atoms with E-state index in [9.17, 15) is 14.0 Å². The Morgan fingerprint density at radius 1 is 1.03 bits per heavy atom. The molecule has 0 aliphatic carbocycles. The first kappa shape index (κ1) is 24.2. The average Bonchev–Trinajstić information content (AvgIpc) is 2.72. The molecule has 0 aliphatic heterocycles. The predicted octanol–water partition coefficient (Wildman–Crippen LogP) is 4.90. The van der Waals surface area contributed by atoms with E-state index in [2.05, 4.69) is 5.32 Å². The third-order valence-electron chi connectivity index (χ3n) is 4.53. The minimum Gasteiger partial charge on any atom is -0.354 e. The zero-order chi connectivity index (χ0) is 22.1. The Hall–Kier alpha value is -2.05. The lowest BCUT2D eigenvalue weighted by Gasteiger charge is -2.29. The molecule has 7 heteroatoms. The number of thioether (sulfide) groups is 1. The van der Waals surface area contributed by atoms with Crippen LogP contribution in [0.1, 0.15) is 31.9 Å². The molecule has 1 N–H and O–H groups in total. The van der Waals surface area contributed by atoms with Crippen LogP contribution < -0.4 is 5.32 Å². The van der Waals surface area contributed by atoms with E-state index in [-0.39, 0.29) is 23.4 Å². The molecule has 0 radical (unpaired) electrons. The molecule has 0 spiro atoms. The van der Waals surface area contributed by atoms with Gasteiger partial charge in [0.2, 0.25) is 11.8 Å². The van der Waals surface area contributed by atoms with Crippen LogP contribution in [0, 0.1) is 11.7 Å². The summed E-state index contributed by atoms with van der Waals surface area (Å²) in [7, 11) is 0. The zero-order valence-electron chi connectivity index (χ0n) is 17.5. The number of halogens is 2. The molecule has 0 aromatic heterocycles. The molecule has 0 saturated carbocycles. The van der Waals surface area contributed by atoms with E-state index >= 15 is 0 Å². The van der Waals surface area contributed by atoms with Gasteiger partial charge in [0.15, 0.2) is 0 Å². The van der Waals surface area contributed by atoms with Gasteiger partial charge in [-0.15, -0.1) is 11.8 Å². The second-order valence-corrected chi connectivity index (χ2v) is 9.00. The lowest BCUT2D eigenvalue weighted by atomic mass is 10.1. The molecule has 2 aromatic carbocycles. The summed E-state index contributed by atoms with van der Waals surface area (Å²) in [6.45, 7) is 6.67. The van der Waals surface area contributed by atoms with Crippen molar-refractivity contribution in [3.8, 4) is 0 Å². The molecular weight excluding hydrogens is 423 g/mol. The van der Waals surface area contributed by atoms with Crippen LogP contribution in [0.25, 0.3) is 0 Å². The maximum absolute atomic E-state index is 13.0. The average molecular weight is 451 g/mol. The fourth-order valence-electron chi connectivity index (χ4n) is 2.74. The number of rotatable bonds is 10. The Labute approximate surface area is 187 Å². The van der Waals surface area contributed by atoms with Gasteiger partial charge in [0.1, 0.15) is 11.9 Å². The van der Waals surface area contributed by atoms with Gasteiger partial charge in [-0.3, -0.25) is 9.59 Å². The summed E-state index contributed by atoms with van der Waals surface area (Å²) in [5.74, 6) is 0.573. The van der Waals surface area contributed by atoms with Crippen LogP contribution in [0.3, 0.4) is 0 Å². The van der Waals surface area contributed by atoms with Crippen molar-refractivity contribution in [1.82, 2.24) is 10.2 Å². The van der Waals surface area contributed by atoms with E-state index in [0.29, 0.717) is 29.8 Å². The Morgan fingerprint density at radius 3 is 2.23 bits per heavy atom. The minimum absolute atomic E-state index is 0.121. The van der Waals surface area contributed by atoms with E-state index in [1.54, 1.807) is 36.1 Å². The number of carbonyl (C=O) groups is 2. The first-order valence-corrected chi connectivity index (χ1v) is 11.4. The van der Waals surface area contributed by atoms with Gasteiger partial charge in [-0.2, -0.15) is 0 Å². The van der Waals surface area contributed by atoms with Crippen LogP contribution >= 0.6 is 23.4 Å². The van der Waals surface area contributed by atoms with Gasteiger partial charge in [-0.05, 0) is 48.2 Å². The van der Waals surface area contributed by atoms with Crippen molar-refractivity contribution in [1.29, 1.82) is 0 Å². The number of carbonyl (C=O) groups excluding carboxylic acids is 2. The molecule has 4 nitrogen and oxygen atoms in total. The van der Waals surface area contributed by atoms with Crippen LogP contribution in [0.15, 0.2) is 48.5 Å². The monoisotopic (exact) mass is 450 g/mol. The van der Waals surface area contributed by atoms with Crippen molar-refractivity contribution < 1.29 is 14.0 Å². The van der Waals surface area contributed by atoms with E-state index in [1.807, 2.05) is 26.0 Å². The molecule has 30 heavy (non-hydrogen) atoms. The summed E-state index contributed by atoms with van der Waals surface area (Å²) in [5.41, 5.74) is 1.85. The highest BCUT2D eigenvalue weighted by Crippen LogP contribution is 2.17. The predicted molar refractivity (Wildman–Crippen MR) is 122 cm³/mol. The number of hydrogen-bond donors (Lipinski definition) is 1. The molecule has 2 rings (SSSR count). The molecule has 0 bridgehead atoms. The quantitative estimate of drug-likeness (QED) is 0.560. The lowest BCUT2D eigenvalue weighted by molar-refractivity contribution is -0.138. The summed E-state index contributed by atoms with van der Waals surface area (Å²) in [4.78, 5) is 27.2. The summed E-state index contributed by atoms with van der Waals surface area (Å²) >= 11 is 7.40. The first-order chi connectivity index (χ1) is 14.3. The molecule has 2 aromatic rings. The molecule has 0 heterocycles. The molecule has 2 amide bonds. The number of nitrogens with one attached hydrogen (secondary N) is 1. The highest BCUT2D eigenvalue weighted by atomic mass is 35.5. The van der Waals surface area contributed by atoms with Gasteiger partial charge in [-0.1, -0.05) is 49.7 Å². The molecule has 0 fully saturated rings. The third kappa shape index (κ3) is 8.00. The summed E-state index contributed by atoms with van der Waals surface area (Å²) in [6.07, 6.45) is 0. The highest BCUT2D eigenvalue weighted by Gasteiger charge is 2.26. The van der Waals surface area contributed by atoms with E-state index < -0.39 is 6.04 Å². The van der Waals surface area contributed by atoms with E-state index in [4.69, 9.17) is 11.6 Å². The maximum atomic E-state index is 13.0. The molecular formula is C23H28ClFN2O2S. The zero-order valence-corrected chi connectivity index (χ0v) is 19.1. The topological polar surface area (TPSA) is 49.4 Å². The van der Waals surface area contributed by atoms with Crippen LogP contribution in [0.4, 0.5) is 4.39 Å². The molecule has 0 saturated heterocycles. The molecule has 1 atom stereocenters. The fourth-order valence-corrected chi connectivity index (χ4v) is 3.74. The van der Waals surface area contributed by atoms with Crippen LogP contribution in [-0.2, 0) is 21.9 Å². The summed E-state index contributed by atoms with van der Waals surface area (Å²) in [5, 5.41) is 3.52. The second-order valence-electron chi connectivity index (χ2n) is 7.58. The van der Waals surface area contributed by atoms with E-state index in [0.717, 1.165) is 11.1 Å². The van der Waals surface area contributed by atoms with Gasteiger partial charge in [0.05, 0.1) is 5.75 Å². The van der Waals surface area contributed by atoms with Crippen LogP contribution in [0.2, 0.25) is 5.02 Å². The summed E-state index contributed by atoms with van der Waals surface area (Å²) in [6, 6.07) is 12.9. The molecule has 1 unspecified atom stereocenters. The normalized spacial score (nSPS) is 11.9. The van der Waals surface area contributed by atoms with Gasteiger partial charge < -0.3 is 10.2 Å². The largest absolute Gasteiger partial charge is 0.354 e. The third-order valence-corrected chi connectivity index (χ3v) is 5.77. The lowest BCUT2D eigenvalue weighted by Crippen LogP contribution is -2.48. The van der Waals surface area contributed by atoms with Gasteiger partial charge in [0.25, 0.3) is 0 Å². The van der Waals surface area contributed by atoms with Crippen molar-refractivity contribution >= 4 is 35.2 Å². The van der Waals surface area contributed by atoms with Crippen LogP contribution in [-0.4, -0.2) is 35.1 Å². The Balaban J connectivity index is 2.04. The minimum atomic E-state index is -0.599. The number of nitrogens with zero attached hydrogens (tertiary/aromatic N) is 1. The fraction of sp³-hybridized carbons (Fsp3) is 0.391. The molecule has 162 valence electrons. The smallest absolute Gasteiger partial charge is 0.242 e. The van der Waals surface area contributed by atoms with Gasteiger partial charge >= 0.3 is 0 Å². The van der Waals surface area contributed by atoms with Crippen LogP contribution in [0.5, 0.6) is 0 Å². The van der Waals surface area contributed by atoms with Crippen molar-refractivity contribution in [2.24, 2.45) is 5.92 Å². The van der Waals surface area contributed by atoms with Crippen molar-refractivity contribution in [3.63, 3.8) is 0 Å². The van der Waals surface area contributed by atoms with E-state index in [1.165, 1.54) is 23.9 Å². The summed E-state index contributed by atoms with van der Waals surface area (Å²) < 4.78 is 13.0. The SMILES string of the molecule is CC(C)CNC(=O)C(C)N(Cc1ccc(Cl)cc1)C(=O)CSCc1ccc(F)cc1. The maximum Gasteiger partial charge on any atom is 0.242 e. The number of amides is 2. The van der Waals surface area contributed by atoms with Crippen molar-refractivity contribution in [2.75, 3.05) is 12.3 Å². The van der Waals surface area contributed by atoms with Crippen molar-refractivity contribution in [2.45, 2.75) is 39.1 Å². The van der Waals surface area contributed by atoms with Gasteiger partial charge in [0, 0.05) is 23.9 Å². The Bertz CT molecular complexity index is 828. The number of hydrogen-bond acceptors (Lipinski definition) is 3. The highest BCUT2D eigenvalue weighted by molar-refractivity contribution is 7.99.